The number of fused-ring (bicyclic) bond motifs is 3. The first-order valence-corrected chi connectivity index (χ1v) is 8.45. The van der Waals surface area contributed by atoms with E-state index in [-0.39, 0.29) is 5.91 Å². The van der Waals surface area contributed by atoms with Crippen LogP contribution >= 0.6 is 0 Å². The largest absolute Gasteiger partial charge is 0.494 e. The summed E-state index contributed by atoms with van der Waals surface area (Å²) in [5.41, 5.74) is 3.30. The van der Waals surface area contributed by atoms with Gasteiger partial charge in [0.2, 0.25) is 0 Å². The molecule has 0 fully saturated rings. The molecular weight excluding hydrogens is 316 g/mol. The van der Waals surface area contributed by atoms with E-state index in [0.717, 1.165) is 34.9 Å². The summed E-state index contributed by atoms with van der Waals surface area (Å²) in [6.07, 6.45) is 6.37. The average Bonchev–Trinajstić information content (AvgIpc) is 3.23. The number of H-pyrrole nitrogens is 1. The number of carbonyl (C=O) groups is 1. The molecule has 1 aromatic carbocycles. The van der Waals surface area contributed by atoms with Gasteiger partial charge in [-0.3, -0.25) is 4.79 Å². The molecule has 1 unspecified atom stereocenters. The van der Waals surface area contributed by atoms with E-state index in [9.17, 15) is 4.79 Å². The van der Waals surface area contributed by atoms with Crippen molar-refractivity contribution in [3.05, 3.63) is 54.1 Å². The normalized spacial score (nSPS) is 15.4. The second kappa shape index (κ2) is 6.12. The number of carbonyl (C=O) groups excluding carboxylic acids is 1. The first-order chi connectivity index (χ1) is 12.2. The highest BCUT2D eigenvalue weighted by Crippen LogP contribution is 2.35. The minimum absolute atomic E-state index is 0.147. The van der Waals surface area contributed by atoms with Gasteiger partial charge in [-0.1, -0.05) is 0 Å². The van der Waals surface area contributed by atoms with E-state index in [2.05, 4.69) is 26.8 Å². The molecule has 1 aliphatic heterocycles. The smallest absolute Gasteiger partial charge is 0.257 e. The fourth-order valence-corrected chi connectivity index (χ4v) is 3.32. The van der Waals surface area contributed by atoms with E-state index in [1.54, 1.807) is 12.4 Å². The molecule has 128 valence electrons. The highest BCUT2D eigenvalue weighted by Gasteiger charge is 2.28. The van der Waals surface area contributed by atoms with Crippen LogP contribution in [-0.4, -0.2) is 27.0 Å². The number of nitrogens with zero attached hydrogens (tertiary/aromatic N) is 2. The lowest BCUT2D eigenvalue weighted by atomic mass is 10.0. The quantitative estimate of drug-likeness (QED) is 0.764. The fraction of sp³-hybridized carbons (Fsp3) is 0.263. The second-order valence-corrected chi connectivity index (χ2v) is 6.18. The number of benzene rings is 1. The number of ether oxygens (including phenoxy) is 1. The molecule has 4 rings (SSSR count). The van der Waals surface area contributed by atoms with Crippen LogP contribution in [0.1, 0.15) is 35.9 Å². The molecule has 0 saturated heterocycles. The highest BCUT2D eigenvalue weighted by atomic mass is 16.5. The predicted octanol–water partition coefficient (Wildman–Crippen LogP) is 3.65. The Morgan fingerprint density at radius 3 is 2.96 bits per heavy atom. The van der Waals surface area contributed by atoms with Gasteiger partial charge in [0.15, 0.2) is 0 Å². The van der Waals surface area contributed by atoms with Crippen molar-refractivity contribution in [3.8, 4) is 17.1 Å². The molecule has 0 aliphatic carbocycles. The number of aromatic amines is 1. The predicted molar refractivity (Wildman–Crippen MR) is 96.0 cm³/mol. The third-order valence-corrected chi connectivity index (χ3v) is 4.50. The van der Waals surface area contributed by atoms with E-state index < -0.39 is 0 Å². The summed E-state index contributed by atoms with van der Waals surface area (Å²) in [5, 5.41) is 2.95. The number of amides is 1. The minimum Gasteiger partial charge on any atom is -0.494 e. The van der Waals surface area contributed by atoms with Crippen molar-refractivity contribution in [2.75, 3.05) is 11.9 Å². The van der Waals surface area contributed by atoms with Gasteiger partial charge >= 0.3 is 0 Å². The fourth-order valence-electron chi connectivity index (χ4n) is 3.32. The number of imidazole rings is 1. The summed E-state index contributed by atoms with van der Waals surface area (Å²) in [4.78, 5) is 20.5. The molecule has 6 nitrogen and oxygen atoms in total. The Balaban J connectivity index is 1.61. The van der Waals surface area contributed by atoms with Gasteiger partial charge in [-0.05, 0) is 38.1 Å². The number of hydrogen-bond acceptors (Lipinski definition) is 3. The van der Waals surface area contributed by atoms with E-state index in [4.69, 9.17) is 4.74 Å². The second-order valence-electron chi connectivity index (χ2n) is 6.18. The summed E-state index contributed by atoms with van der Waals surface area (Å²) in [5.74, 6) is 1.48. The maximum atomic E-state index is 12.8. The van der Waals surface area contributed by atoms with Gasteiger partial charge in [-0.15, -0.1) is 0 Å². The van der Waals surface area contributed by atoms with Crippen LogP contribution in [0.25, 0.3) is 11.4 Å². The first-order valence-electron chi connectivity index (χ1n) is 8.45. The number of hydrogen-bond donors (Lipinski definition) is 2. The van der Waals surface area contributed by atoms with E-state index in [0.29, 0.717) is 18.2 Å². The molecule has 0 radical (unpaired) electrons. The molecule has 0 saturated carbocycles. The zero-order chi connectivity index (χ0) is 17.4. The molecule has 0 bridgehead atoms. The number of nitrogens with one attached hydrogen (secondary N) is 2. The van der Waals surface area contributed by atoms with Crippen molar-refractivity contribution < 1.29 is 9.53 Å². The average molecular weight is 336 g/mol. The van der Waals surface area contributed by atoms with Gasteiger partial charge in [0.05, 0.1) is 17.7 Å². The summed E-state index contributed by atoms with van der Waals surface area (Å²) >= 11 is 0. The lowest BCUT2D eigenvalue weighted by Gasteiger charge is -2.22. The van der Waals surface area contributed by atoms with Gasteiger partial charge in [0.25, 0.3) is 5.91 Å². The molecule has 1 amide bonds. The molecule has 1 atom stereocenters. The van der Waals surface area contributed by atoms with Gasteiger partial charge in [0.1, 0.15) is 11.6 Å². The summed E-state index contributed by atoms with van der Waals surface area (Å²) in [7, 11) is 0. The SMILES string of the molecule is CCOc1ccc(NC(=O)c2c[nH]c3c2-c2nccn2C(C)C3)cc1. The Kier molecular flexibility index (Phi) is 3.80. The maximum Gasteiger partial charge on any atom is 0.257 e. The maximum absolute atomic E-state index is 12.8. The van der Waals surface area contributed by atoms with Crippen molar-refractivity contribution in [2.45, 2.75) is 26.3 Å². The summed E-state index contributed by atoms with van der Waals surface area (Å²) in [6, 6.07) is 7.70. The van der Waals surface area contributed by atoms with Crippen LogP contribution in [0.2, 0.25) is 0 Å². The molecule has 2 N–H and O–H groups in total. The van der Waals surface area contributed by atoms with E-state index in [1.165, 1.54) is 0 Å². The third kappa shape index (κ3) is 2.69. The lowest BCUT2D eigenvalue weighted by molar-refractivity contribution is 0.102. The molecule has 3 aromatic rings. The van der Waals surface area contributed by atoms with Crippen LogP contribution in [0.15, 0.2) is 42.9 Å². The molecule has 3 heterocycles. The lowest BCUT2D eigenvalue weighted by Crippen LogP contribution is -2.18. The van der Waals surface area contributed by atoms with Crippen LogP contribution in [-0.2, 0) is 6.42 Å². The van der Waals surface area contributed by atoms with Crippen LogP contribution in [0.5, 0.6) is 5.75 Å². The summed E-state index contributed by atoms with van der Waals surface area (Å²) < 4.78 is 7.54. The Hall–Kier alpha value is -3.02. The molecule has 25 heavy (non-hydrogen) atoms. The third-order valence-electron chi connectivity index (χ3n) is 4.50. The highest BCUT2D eigenvalue weighted by molar-refractivity contribution is 6.08. The van der Waals surface area contributed by atoms with Crippen molar-refractivity contribution in [1.82, 2.24) is 14.5 Å². The van der Waals surface area contributed by atoms with Crippen LogP contribution in [0, 0.1) is 0 Å². The summed E-state index contributed by atoms with van der Waals surface area (Å²) in [6.45, 7) is 4.70. The van der Waals surface area contributed by atoms with Gasteiger partial charge in [-0.2, -0.15) is 0 Å². The van der Waals surface area contributed by atoms with Crippen LogP contribution < -0.4 is 10.1 Å². The Bertz CT molecular complexity index is 908. The van der Waals surface area contributed by atoms with Crippen molar-refractivity contribution in [1.29, 1.82) is 0 Å². The number of anilines is 1. The standard InChI is InChI=1S/C19H20N4O2/c1-3-25-14-6-4-13(5-7-14)22-19(24)15-11-21-16-10-12(2)23-9-8-20-18(23)17(15)16/h4-9,11-12,21H,3,10H2,1-2H3,(H,22,24). The Labute approximate surface area is 145 Å². The van der Waals surface area contributed by atoms with Crippen molar-refractivity contribution >= 4 is 11.6 Å². The van der Waals surface area contributed by atoms with Crippen molar-refractivity contribution in [2.24, 2.45) is 0 Å². The molecule has 6 heteroatoms. The van der Waals surface area contributed by atoms with Crippen LogP contribution in [0.3, 0.4) is 0 Å². The molecule has 0 spiro atoms. The van der Waals surface area contributed by atoms with Gasteiger partial charge in [-0.25, -0.2) is 4.98 Å². The molecule has 1 aliphatic rings. The van der Waals surface area contributed by atoms with Crippen molar-refractivity contribution in [3.63, 3.8) is 0 Å². The minimum atomic E-state index is -0.147. The zero-order valence-electron chi connectivity index (χ0n) is 14.2. The van der Waals surface area contributed by atoms with Gasteiger partial charge in [0, 0.05) is 42.4 Å². The zero-order valence-corrected chi connectivity index (χ0v) is 14.2. The van der Waals surface area contributed by atoms with Gasteiger partial charge < -0.3 is 19.6 Å². The monoisotopic (exact) mass is 336 g/mol. The molecule has 2 aromatic heterocycles. The van der Waals surface area contributed by atoms with E-state index >= 15 is 0 Å². The first kappa shape index (κ1) is 15.5. The Morgan fingerprint density at radius 2 is 2.20 bits per heavy atom. The van der Waals surface area contributed by atoms with Crippen LogP contribution in [0.4, 0.5) is 5.69 Å². The number of aromatic nitrogens is 3. The Morgan fingerprint density at radius 1 is 1.40 bits per heavy atom. The molecular formula is C19H20N4O2. The number of rotatable bonds is 4. The van der Waals surface area contributed by atoms with E-state index in [1.807, 2.05) is 37.4 Å². The topological polar surface area (TPSA) is 71.9 Å².